The molecule has 2 rings (SSSR count). The van der Waals surface area contributed by atoms with E-state index in [2.05, 4.69) is 17.6 Å². The first-order valence-electron chi connectivity index (χ1n) is 6.75. The van der Waals surface area contributed by atoms with Crippen LogP contribution in [0.25, 0.3) is 0 Å². The highest BCUT2D eigenvalue weighted by atomic mass is 35.5. The second-order valence-electron chi connectivity index (χ2n) is 5.12. The largest absolute Gasteiger partial charge is 0.467 e. The van der Waals surface area contributed by atoms with E-state index >= 15 is 0 Å². The molecule has 1 aromatic heterocycles. The Balaban J connectivity index is 0.00000180. The van der Waals surface area contributed by atoms with Crippen LogP contribution in [0.15, 0.2) is 22.8 Å². The minimum absolute atomic E-state index is 0. The monoisotopic (exact) mass is 286 g/mol. The minimum Gasteiger partial charge on any atom is -0.467 e. The molecule has 0 radical (unpaired) electrons. The normalized spacial score (nSPS) is 17.5. The average molecular weight is 287 g/mol. The maximum absolute atomic E-state index is 11.8. The van der Waals surface area contributed by atoms with Crippen LogP contribution >= 0.6 is 12.4 Å². The molecule has 4 nitrogen and oxygen atoms in total. The molecule has 2 heterocycles. The lowest BCUT2D eigenvalue weighted by atomic mass is 9.84. The van der Waals surface area contributed by atoms with Crippen molar-refractivity contribution in [1.29, 1.82) is 0 Å². The standard InChI is InChI=1S/C14H22N2O2.ClH/c1-11(12-4-6-15-7-5-12)9-14(17)16-10-13-3-2-8-18-13;/h2-3,8,11-12,15H,4-7,9-10H2,1H3,(H,16,17);1H. The zero-order valence-electron chi connectivity index (χ0n) is 11.4. The Labute approximate surface area is 120 Å². The van der Waals surface area contributed by atoms with Crippen LogP contribution < -0.4 is 10.6 Å². The molecular weight excluding hydrogens is 264 g/mol. The third-order valence-electron chi connectivity index (χ3n) is 3.74. The topological polar surface area (TPSA) is 54.3 Å². The van der Waals surface area contributed by atoms with Gasteiger partial charge in [0.15, 0.2) is 0 Å². The summed E-state index contributed by atoms with van der Waals surface area (Å²) in [6.45, 7) is 4.85. The Bertz CT molecular complexity index is 362. The molecular formula is C14H23ClN2O2. The first kappa shape index (κ1) is 16.1. The molecule has 108 valence electrons. The second-order valence-corrected chi connectivity index (χ2v) is 5.12. The lowest BCUT2D eigenvalue weighted by molar-refractivity contribution is -0.122. The van der Waals surface area contributed by atoms with Crippen LogP contribution in [0.1, 0.15) is 31.9 Å². The summed E-state index contributed by atoms with van der Waals surface area (Å²) in [7, 11) is 0. The molecule has 1 aromatic rings. The van der Waals surface area contributed by atoms with Crippen LogP contribution in [0.4, 0.5) is 0 Å². The molecule has 5 heteroatoms. The first-order chi connectivity index (χ1) is 8.75. The molecule has 1 saturated heterocycles. The molecule has 19 heavy (non-hydrogen) atoms. The molecule has 1 aliphatic rings. The summed E-state index contributed by atoms with van der Waals surface area (Å²) < 4.78 is 5.18. The molecule has 1 atom stereocenters. The van der Waals surface area contributed by atoms with Gasteiger partial charge in [0.25, 0.3) is 0 Å². The van der Waals surface area contributed by atoms with Gasteiger partial charge in [-0.05, 0) is 49.9 Å². The molecule has 1 fully saturated rings. The number of piperidine rings is 1. The maximum atomic E-state index is 11.8. The number of carbonyl (C=O) groups excluding carboxylic acids is 1. The number of amides is 1. The Morgan fingerprint density at radius 3 is 2.89 bits per heavy atom. The van der Waals surface area contributed by atoms with Crippen molar-refractivity contribution in [2.45, 2.75) is 32.7 Å². The molecule has 1 unspecified atom stereocenters. The number of carbonyl (C=O) groups is 1. The number of hydrogen-bond acceptors (Lipinski definition) is 3. The van der Waals surface area contributed by atoms with Gasteiger partial charge in [-0.3, -0.25) is 4.79 Å². The summed E-state index contributed by atoms with van der Waals surface area (Å²) in [5, 5.41) is 6.26. The summed E-state index contributed by atoms with van der Waals surface area (Å²) >= 11 is 0. The Morgan fingerprint density at radius 2 is 2.26 bits per heavy atom. The Morgan fingerprint density at radius 1 is 1.53 bits per heavy atom. The van der Waals surface area contributed by atoms with E-state index in [1.54, 1.807) is 6.26 Å². The Kier molecular flexibility index (Phi) is 6.95. The molecule has 1 aliphatic heterocycles. The van der Waals surface area contributed by atoms with Crippen molar-refractivity contribution in [3.8, 4) is 0 Å². The SMILES string of the molecule is CC(CC(=O)NCc1ccco1)C1CCNCC1.Cl. The van der Waals surface area contributed by atoms with Crippen molar-refractivity contribution < 1.29 is 9.21 Å². The summed E-state index contributed by atoms with van der Waals surface area (Å²) in [6, 6.07) is 3.70. The molecule has 0 spiro atoms. The summed E-state index contributed by atoms with van der Waals surface area (Å²) in [6.07, 6.45) is 4.61. The van der Waals surface area contributed by atoms with Crippen LogP contribution in [0.5, 0.6) is 0 Å². The van der Waals surface area contributed by atoms with Gasteiger partial charge in [-0.2, -0.15) is 0 Å². The van der Waals surface area contributed by atoms with Crippen molar-refractivity contribution in [3.63, 3.8) is 0 Å². The van der Waals surface area contributed by atoms with Gasteiger partial charge in [0, 0.05) is 6.42 Å². The molecule has 2 N–H and O–H groups in total. The lowest BCUT2D eigenvalue weighted by Gasteiger charge is -2.27. The number of halogens is 1. The molecule has 0 saturated carbocycles. The molecule has 0 bridgehead atoms. The predicted octanol–water partition coefficient (Wildman–Crippen LogP) is 2.34. The van der Waals surface area contributed by atoms with Gasteiger partial charge < -0.3 is 15.1 Å². The number of furan rings is 1. The van der Waals surface area contributed by atoms with E-state index in [4.69, 9.17) is 4.42 Å². The van der Waals surface area contributed by atoms with Gasteiger partial charge >= 0.3 is 0 Å². The van der Waals surface area contributed by atoms with Crippen molar-refractivity contribution in [2.24, 2.45) is 11.8 Å². The number of nitrogens with one attached hydrogen (secondary N) is 2. The van der Waals surface area contributed by atoms with E-state index in [1.807, 2.05) is 12.1 Å². The van der Waals surface area contributed by atoms with E-state index in [0.29, 0.717) is 24.8 Å². The van der Waals surface area contributed by atoms with Gasteiger partial charge in [0.05, 0.1) is 12.8 Å². The zero-order valence-corrected chi connectivity index (χ0v) is 12.2. The van der Waals surface area contributed by atoms with Crippen molar-refractivity contribution in [3.05, 3.63) is 24.2 Å². The van der Waals surface area contributed by atoms with Crippen molar-refractivity contribution in [1.82, 2.24) is 10.6 Å². The number of hydrogen-bond donors (Lipinski definition) is 2. The lowest BCUT2D eigenvalue weighted by Crippen LogP contribution is -2.33. The van der Waals surface area contributed by atoms with Crippen LogP contribution in [-0.4, -0.2) is 19.0 Å². The first-order valence-corrected chi connectivity index (χ1v) is 6.75. The van der Waals surface area contributed by atoms with E-state index < -0.39 is 0 Å². The van der Waals surface area contributed by atoms with Gasteiger partial charge in [0.2, 0.25) is 5.91 Å². The van der Waals surface area contributed by atoms with Crippen LogP contribution in [0.2, 0.25) is 0 Å². The molecule has 0 aromatic carbocycles. The van der Waals surface area contributed by atoms with Crippen molar-refractivity contribution in [2.75, 3.05) is 13.1 Å². The second kappa shape index (κ2) is 8.23. The van der Waals surface area contributed by atoms with Crippen molar-refractivity contribution >= 4 is 18.3 Å². The molecule has 1 amide bonds. The van der Waals surface area contributed by atoms with Gasteiger partial charge in [-0.25, -0.2) is 0 Å². The Hall–Kier alpha value is -1.00. The summed E-state index contributed by atoms with van der Waals surface area (Å²) in [4.78, 5) is 11.8. The predicted molar refractivity (Wildman–Crippen MR) is 77.2 cm³/mol. The third-order valence-corrected chi connectivity index (χ3v) is 3.74. The molecule has 0 aliphatic carbocycles. The maximum Gasteiger partial charge on any atom is 0.220 e. The van der Waals surface area contributed by atoms with E-state index in [1.165, 1.54) is 12.8 Å². The van der Waals surface area contributed by atoms with Gasteiger partial charge in [0.1, 0.15) is 5.76 Å². The fraction of sp³-hybridized carbons (Fsp3) is 0.643. The van der Waals surface area contributed by atoms with Crippen LogP contribution in [-0.2, 0) is 11.3 Å². The summed E-state index contributed by atoms with van der Waals surface area (Å²) in [5.41, 5.74) is 0. The fourth-order valence-electron chi connectivity index (χ4n) is 2.54. The van der Waals surface area contributed by atoms with Gasteiger partial charge in [-0.1, -0.05) is 6.92 Å². The van der Waals surface area contributed by atoms with Crippen LogP contribution in [0.3, 0.4) is 0 Å². The highest BCUT2D eigenvalue weighted by Crippen LogP contribution is 2.24. The smallest absolute Gasteiger partial charge is 0.220 e. The van der Waals surface area contributed by atoms with Crippen LogP contribution in [0, 0.1) is 11.8 Å². The quantitative estimate of drug-likeness (QED) is 0.874. The zero-order chi connectivity index (χ0) is 12.8. The summed E-state index contributed by atoms with van der Waals surface area (Å²) in [5.74, 6) is 2.07. The third kappa shape index (κ3) is 5.25. The number of rotatable bonds is 5. The highest BCUT2D eigenvalue weighted by molar-refractivity contribution is 5.85. The minimum atomic E-state index is 0. The van der Waals surface area contributed by atoms with Gasteiger partial charge in [-0.15, -0.1) is 12.4 Å². The highest BCUT2D eigenvalue weighted by Gasteiger charge is 2.21. The average Bonchev–Trinajstić information content (AvgIpc) is 2.90. The van der Waals surface area contributed by atoms with E-state index in [-0.39, 0.29) is 18.3 Å². The van der Waals surface area contributed by atoms with E-state index in [9.17, 15) is 4.79 Å². The fourth-order valence-corrected chi connectivity index (χ4v) is 2.54. The van der Waals surface area contributed by atoms with E-state index in [0.717, 1.165) is 18.8 Å².